The van der Waals surface area contributed by atoms with Gasteiger partial charge in [-0.05, 0) is 5.92 Å². The average Bonchev–Trinajstić information content (AvgIpc) is 2.73. The zero-order valence-electron chi connectivity index (χ0n) is 9.79. The number of nitrogens with zero attached hydrogens (tertiary/aromatic N) is 1. The summed E-state index contributed by atoms with van der Waals surface area (Å²) in [5.41, 5.74) is 1.10. The molecule has 0 saturated heterocycles. The fourth-order valence-corrected chi connectivity index (χ4v) is 2.55. The van der Waals surface area contributed by atoms with E-state index in [9.17, 15) is 4.79 Å². The third-order valence-electron chi connectivity index (χ3n) is 2.35. The lowest BCUT2D eigenvalue weighted by atomic mass is 10.1. The minimum atomic E-state index is 0.0192. The van der Waals surface area contributed by atoms with Crippen LogP contribution in [0.5, 0.6) is 0 Å². The van der Waals surface area contributed by atoms with Crippen molar-refractivity contribution in [2.75, 3.05) is 17.2 Å². The highest BCUT2D eigenvalue weighted by Gasteiger charge is 2.12. The highest BCUT2D eigenvalue weighted by atomic mass is 79.9. The number of hydrogen-bond donors (Lipinski definition) is 1. The minimum absolute atomic E-state index is 0.0192. The number of carbonyl (C=O) groups is 1. The van der Waals surface area contributed by atoms with E-state index < -0.39 is 0 Å². The molecular formula is C11H17BrN2OS. The number of nitrogens with one attached hydrogen (secondary N) is 1. The number of alkyl halides is 1. The van der Waals surface area contributed by atoms with Crippen LogP contribution in [0.2, 0.25) is 0 Å². The van der Waals surface area contributed by atoms with E-state index in [1.54, 1.807) is 11.3 Å². The van der Waals surface area contributed by atoms with Gasteiger partial charge in [0, 0.05) is 17.8 Å². The summed E-state index contributed by atoms with van der Waals surface area (Å²) in [7, 11) is 0. The molecular weight excluding hydrogens is 288 g/mol. The van der Waals surface area contributed by atoms with E-state index in [0.717, 1.165) is 10.8 Å². The van der Waals surface area contributed by atoms with Crippen LogP contribution in [-0.4, -0.2) is 22.6 Å². The van der Waals surface area contributed by atoms with Gasteiger partial charge in [-0.3, -0.25) is 4.79 Å². The molecule has 0 fully saturated rings. The highest BCUT2D eigenvalue weighted by molar-refractivity contribution is 9.09. The van der Waals surface area contributed by atoms with Crippen molar-refractivity contribution < 1.29 is 4.79 Å². The summed E-state index contributed by atoms with van der Waals surface area (Å²) in [5.74, 6) is 0.687. The summed E-state index contributed by atoms with van der Waals surface area (Å²) in [6.07, 6.45) is 0. The van der Waals surface area contributed by atoms with Gasteiger partial charge in [0.25, 0.3) is 0 Å². The van der Waals surface area contributed by atoms with Crippen molar-refractivity contribution in [2.24, 2.45) is 5.92 Å². The number of carbonyl (C=O) groups excluding carboxylic acids is 1. The summed E-state index contributed by atoms with van der Waals surface area (Å²) in [4.78, 5) is 15.8. The monoisotopic (exact) mass is 304 g/mol. The standard InChI is InChI=1S/C11H17BrN2OS/c1-7(2)9-6-16-11(14-9)13-5-8(3)10(15)4-12/h6-8H,4-5H2,1-3H3,(H,13,14). The Morgan fingerprint density at radius 1 is 1.56 bits per heavy atom. The molecule has 0 aliphatic heterocycles. The van der Waals surface area contributed by atoms with Gasteiger partial charge >= 0.3 is 0 Å². The Hall–Kier alpha value is -0.420. The number of Topliss-reactive ketones (excluding diaryl/α,β-unsaturated/α-hetero) is 1. The summed E-state index contributed by atoms with van der Waals surface area (Å²) in [6.45, 7) is 6.81. The fourth-order valence-electron chi connectivity index (χ4n) is 1.12. The van der Waals surface area contributed by atoms with Gasteiger partial charge in [0.05, 0.1) is 11.0 Å². The lowest BCUT2D eigenvalue weighted by molar-refractivity contribution is -0.119. The zero-order chi connectivity index (χ0) is 12.1. The predicted molar refractivity (Wildman–Crippen MR) is 72.7 cm³/mol. The smallest absolute Gasteiger partial charge is 0.182 e. The van der Waals surface area contributed by atoms with Crippen LogP contribution in [-0.2, 0) is 4.79 Å². The maximum Gasteiger partial charge on any atom is 0.182 e. The molecule has 1 atom stereocenters. The molecule has 0 spiro atoms. The number of anilines is 1. The molecule has 1 N–H and O–H groups in total. The van der Waals surface area contributed by atoms with Gasteiger partial charge in [-0.15, -0.1) is 11.3 Å². The number of halogens is 1. The minimum Gasteiger partial charge on any atom is -0.361 e. The summed E-state index contributed by atoms with van der Waals surface area (Å²) < 4.78 is 0. The first-order valence-electron chi connectivity index (χ1n) is 5.32. The molecule has 1 rings (SSSR count). The molecule has 0 saturated carbocycles. The van der Waals surface area contributed by atoms with Crippen LogP contribution >= 0.6 is 27.3 Å². The predicted octanol–water partition coefficient (Wildman–Crippen LogP) is 3.28. The molecule has 90 valence electrons. The van der Waals surface area contributed by atoms with Crippen molar-refractivity contribution in [2.45, 2.75) is 26.7 Å². The second kappa shape index (κ2) is 6.35. The Labute approximate surface area is 109 Å². The first-order valence-corrected chi connectivity index (χ1v) is 7.32. The van der Waals surface area contributed by atoms with Crippen LogP contribution in [0.3, 0.4) is 0 Å². The zero-order valence-corrected chi connectivity index (χ0v) is 12.2. The van der Waals surface area contributed by atoms with E-state index in [1.807, 2.05) is 6.92 Å². The highest BCUT2D eigenvalue weighted by Crippen LogP contribution is 2.21. The first-order chi connectivity index (χ1) is 7.54. The molecule has 3 nitrogen and oxygen atoms in total. The van der Waals surface area contributed by atoms with Gasteiger partial charge in [-0.2, -0.15) is 0 Å². The van der Waals surface area contributed by atoms with Crippen molar-refractivity contribution in [1.82, 2.24) is 4.98 Å². The lowest BCUT2D eigenvalue weighted by Crippen LogP contribution is -2.21. The van der Waals surface area contributed by atoms with E-state index >= 15 is 0 Å². The van der Waals surface area contributed by atoms with Crippen molar-refractivity contribution in [3.63, 3.8) is 0 Å². The Bertz CT molecular complexity index is 352. The summed E-state index contributed by atoms with van der Waals surface area (Å²) in [6, 6.07) is 0. The molecule has 0 aromatic carbocycles. The Morgan fingerprint density at radius 3 is 2.75 bits per heavy atom. The quantitative estimate of drug-likeness (QED) is 0.820. The second-order valence-corrected chi connectivity index (χ2v) is 5.53. The molecule has 5 heteroatoms. The van der Waals surface area contributed by atoms with Crippen LogP contribution in [0.25, 0.3) is 0 Å². The number of hydrogen-bond acceptors (Lipinski definition) is 4. The van der Waals surface area contributed by atoms with Crippen molar-refractivity contribution >= 4 is 38.2 Å². The Morgan fingerprint density at radius 2 is 2.25 bits per heavy atom. The van der Waals surface area contributed by atoms with E-state index in [0.29, 0.717) is 17.8 Å². The SMILES string of the molecule is CC(CNc1nc(C(C)C)cs1)C(=O)CBr. The third kappa shape index (κ3) is 3.87. The topological polar surface area (TPSA) is 42.0 Å². The maximum absolute atomic E-state index is 11.3. The van der Waals surface area contributed by atoms with Crippen LogP contribution in [0, 0.1) is 5.92 Å². The largest absolute Gasteiger partial charge is 0.361 e. The normalized spacial score (nSPS) is 12.8. The van der Waals surface area contributed by atoms with Crippen molar-refractivity contribution in [3.8, 4) is 0 Å². The van der Waals surface area contributed by atoms with Gasteiger partial charge in [0.15, 0.2) is 5.13 Å². The summed E-state index contributed by atoms with van der Waals surface area (Å²) in [5, 5.41) is 6.58. The van der Waals surface area contributed by atoms with Gasteiger partial charge in [-0.1, -0.05) is 36.7 Å². The molecule has 16 heavy (non-hydrogen) atoms. The molecule has 1 aromatic rings. The number of rotatable bonds is 6. The lowest BCUT2D eigenvalue weighted by Gasteiger charge is -2.08. The van der Waals surface area contributed by atoms with Gasteiger partial charge < -0.3 is 5.32 Å². The van der Waals surface area contributed by atoms with Crippen LogP contribution in [0.4, 0.5) is 5.13 Å². The Balaban J connectivity index is 2.45. The summed E-state index contributed by atoms with van der Waals surface area (Å²) >= 11 is 4.77. The van der Waals surface area contributed by atoms with E-state index in [2.05, 4.69) is 45.5 Å². The van der Waals surface area contributed by atoms with Crippen molar-refractivity contribution in [1.29, 1.82) is 0 Å². The molecule has 0 radical (unpaired) electrons. The fraction of sp³-hybridized carbons (Fsp3) is 0.636. The van der Waals surface area contributed by atoms with E-state index in [-0.39, 0.29) is 11.7 Å². The number of aromatic nitrogens is 1. The Kier molecular flexibility index (Phi) is 5.41. The molecule has 1 heterocycles. The molecule has 0 bridgehead atoms. The van der Waals surface area contributed by atoms with Crippen LogP contribution in [0.1, 0.15) is 32.4 Å². The second-order valence-electron chi connectivity index (χ2n) is 4.11. The number of thiazole rings is 1. The van der Waals surface area contributed by atoms with Crippen LogP contribution in [0.15, 0.2) is 5.38 Å². The van der Waals surface area contributed by atoms with E-state index in [1.165, 1.54) is 0 Å². The van der Waals surface area contributed by atoms with Crippen molar-refractivity contribution in [3.05, 3.63) is 11.1 Å². The number of ketones is 1. The average molecular weight is 305 g/mol. The molecule has 1 aromatic heterocycles. The first kappa shape index (κ1) is 13.6. The van der Waals surface area contributed by atoms with E-state index in [4.69, 9.17) is 0 Å². The van der Waals surface area contributed by atoms with Gasteiger partial charge in [0.1, 0.15) is 5.78 Å². The molecule has 1 unspecified atom stereocenters. The molecule has 0 aliphatic rings. The third-order valence-corrected chi connectivity index (χ3v) is 3.73. The maximum atomic E-state index is 11.3. The van der Waals surface area contributed by atoms with Crippen LogP contribution < -0.4 is 5.32 Å². The van der Waals surface area contributed by atoms with Gasteiger partial charge in [-0.25, -0.2) is 4.98 Å². The molecule has 0 amide bonds. The molecule has 0 aliphatic carbocycles. The van der Waals surface area contributed by atoms with Gasteiger partial charge in [0.2, 0.25) is 0 Å².